The van der Waals surface area contributed by atoms with E-state index in [1.807, 2.05) is 54.6 Å². The molecule has 2 aliphatic heterocycles. The quantitative estimate of drug-likeness (QED) is 0.240. The summed E-state index contributed by atoms with van der Waals surface area (Å²) in [7, 11) is 1.60. The molecule has 1 atom stereocenters. The first-order valence-electron chi connectivity index (χ1n) is 10.9. The van der Waals surface area contributed by atoms with E-state index in [0.717, 1.165) is 27.8 Å². The number of fused-ring (bicyclic) bond motifs is 4. The predicted octanol–water partition coefficient (Wildman–Crippen LogP) is 5.30. The minimum atomic E-state index is -0.327. The zero-order chi connectivity index (χ0) is 23.2. The van der Waals surface area contributed by atoms with Gasteiger partial charge in [-0.05, 0) is 53.6 Å². The third kappa shape index (κ3) is 3.23. The number of carbonyl (C=O) groups is 2. The molecule has 6 nitrogen and oxygen atoms in total. The number of aromatic nitrogens is 1. The molecule has 1 aromatic heterocycles. The average molecular weight is 449 g/mol. The second-order valence-corrected chi connectivity index (χ2v) is 8.22. The molecular weight excluding hydrogens is 430 g/mol. The number of nitrogens with zero attached hydrogens (tertiary/aromatic N) is 1. The molecule has 3 heterocycles. The number of ether oxygens (including phenoxy) is 3. The lowest BCUT2D eigenvalue weighted by Crippen LogP contribution is -2.21. The number of pyridine rings is 1. The van der Waals surface area contributed by atoms with Crippen LogP contribution in [0.5, 0.6) is 17.2 Å². The molecule has 4 aromatic rings. The van der Waals surface area contributed by atoms with E-state index >= 15 is 0 Å². The van der Waals surface area contributed by atoms with Crippen LogP contribution in [0.25, 0.3) is 17.0 Å². The topological polar surface area (TPSA) is 74.7 Å². The number of rotatable bonds is 3. The molecule has 2 aliphatic rings. The molecule has 3 aromatic carbocycles. The van der Waals surface area contributed by atoms with Crippen LogP contribution >= 0.6 is 0 Å². The molecule has 0 bridgehead atoms. The zero-order valence-corrected chi connectivity index (χ0v) is 18.3. The molecule has 0 spiro atoms. The average Bonchev–Trinajstić information content (AvgIpc) is 3.18. The standard InChI is InChI=1S/C28H19NO5/c1-32-17-8-6-16(7-9-17)14-24-27(31)20-10-11-23-26(28(20)34-24)21(15-25(30)33-23)18-12-13-29-22-5-3-2-4-19(18)22/h2-14,21H,15H2,1H3/b24-14-. The number of para-hydroxylation sites is 1. The van der Waals surface area contributed by atoms with Gasteiger partial charge in [-0.25, -0.2) is 0 Å². The number of benzene rings is 3. The second kappa shape index (κ2) is 7.85. The molecule has 0 amide bonds. The maximum absolute atomic E-state index is 13.2. The molecule has 0 N–H and O–H groups in total. The Morgan fingerprint density at radius 3 is 2.62 bits per heavy atom. The summed E-state index contributed by atoms with van der Waals surface area (Å²) < 4.78 is 16.9. The van der Waals surface area contributed by atoms with Gasteiger partial charge in [-0.2, -0.15) is 0 Å². The van der Waals surface area contributed by atoms with Gasteiger partial charge in [0.25, 0.3) is 0 Å². The molecule has 0 aliphatic carbocycles. The highest BCUT2D eigenvalue weighted by atomic mass is 16.5. The van der Waals surface area contributed by atoms with E-state index < -0.39 is 0 Å². The lowest BCUT2D eigenvalue weighted by atomic mass is 9.83. The molecule has 0 fully saturated rings. The number of Topliss-reactive ketones (excluding diaryl/α,β-unsaturated/α-hetero) is 1. The van der Waals surface area contributed by atoms with Gasteiger partial charge in [0.05, 0.1) is 24.6 Å². The highest BCUT2D eigenvalue weighted by Crippen LogP contribution is 2.49. The van der Waals surface area contributed by atoms with Gasteiger partial charge in [0.1, 0.15) is 17.2 Å². The maximum Gasteiger partial charge on any atom is 0.312 e. The fraction of sp³-hybridized carbons (Fsp3) is 0.107. The zero-order valence-electron chi connectivity index (χ0n) is 18.3. The second-order valence-electron chi connectivity index (χ2n) is 8.22. The van der Waals surface area contributed by atoms with Gasteiger partial charge in [0, 0.05) is 23.1 Å². The van der Waals surface area contributed by atoms with Gasteiger partial charge >= 0.3 is 5.97 Å². The fourth-order valence-corrected chi connectivity index (χ4v) is 4.65. The van der Waals surface area contributed by atoms with Crippen molar-refractivity contribution in [3.8, 4) is 17.2 Å². The van der Waals surface area contributed by atoms with Crippen LogP contribution in [0.15, 0.2) is 78.7 Å². The van der Waals surface area contributed by atoms with Gasteiger partial charge in [-0.1, -0.05) is 30.3 Å². The van der Waals surface area contributed by atoms with Crippen molar-refractivity contribution in [3.05, 3.63) is 101 Å². The Bertz CT molecular complexity index is 1500. The first-order valence-corrected chi connectivity index (χ1v) is 10.9. The lowest BCUT2D eigenvalue weighted by Gasteiger charge is -2.27. The third-order valence-electron chi connectivity index (χ3n) is 6.25. The molecule has 34 heavy (non-hydrogen) atoms. The van der Waals surface area contributed by atoms with E-state index in [-0.39, 0.29) is 29.9 Å². The number of methoxy groups -OCH3 is 1. The van der Waals surface area contributed by atoms with Crippen LogP contribution in [0.3, 0.4) is 0 Å². The summed E-state index contributed by atoms with van der Waals surface area (Å²) >= 11 is 0. The number of esters is 1. The molecule has 0 saturated carbocycles. The number of hydrogen-bond acceptors (Lipinski definition) is 6. The summed E-state index contributed by atoms with van der Waals surface area (Å²) in [6, 6.07) is 20.4. The Hall–Kier alpha value is -4.45. The van der Waals surface area contributed by atoms with Gasteiger partial charge in [-0.15, -0.1) is 0 Å². The third-order valence-corrected chi connectivity index (χ3v) is 6.25. The van der Waals surface area contributed by atoms with Crippen molar-refractivity contribution in [2.75, 3.05) is 7.11 Å². The van der Waals surface area contributed by atoms with E-state index in [1.165, 1.54) is 0 Å². The Kier molecular flexibility index (Phi) is 4.66. The molecule has 6 rings (SSSR count). The summed E-state index contributed by atoms with van der Waals surface area (Å²) in [6.45, 7) is 0. The van der Waals surface area contributed by atoms with Crippen LogP contribution in [0.4, 0.5) is 0 Å². The van der Waals surface area contributed by atoms with E-state index in [1.54, 1.807) is 31.5 Å². The number of ketones is 1. The largest absolute Gasteiger partial charge is 0.497 e. The van der Waals surface area contributed by atoms with E-state index in [0.29, 0.717) is 22.6 Å². The Morgan fingerprint density at radius 1 is 0.971 bits per heavy atom. The normalized spacial score (nSPS) is 17.8. The Labute approximate surface area is 195 Å². The van der Waals surface area contributed by atoms with Gasteiger partial charge in [0.15, 0.2) is 5.76 Å². The molecule has 0 radical (unpaired) electrons. The van der Waals surface area contributed by atoms with E-state index in [4.69, 9.17) is 14.2 Å². The summed E-state index contributed by atoms with van der Waals surface area (Å²) in [5, 5.41) is 0.951. The van der Waals surface area contributed by atoms with E-state index in [2.05, 4.69) is 4.98 Å². The molecular formula is C28H19NO5. The maximum atomic E-state index is 13.2. The van der Waals surface area contributed by atoms with Crippen molar-refractivity contribution in [2.45, 2.75) is 12.3 Å². The van der Waals surface area contributed by atoms with Crippen molar-refractivity contribution in [2.24, 2.45) is 0 Å². The van der Waals surface area contributed by atoms with Crippen LogP contribution in [-0.2, 0) is 4.79 Å². The van der Waals surface area contributed by atoms with E-state index in [9.17, 15) is 9.59 Å². The summed E-state index contributed by atoms with van der Waals surface area (Å²) in [5.74, 6) is 0.962. The molecule has 6 heteroatoms. The molecule has 0 saturated heterocycles. The van der Waals surface area contributed by atoms with Crippen LogP contribution in [0, 0.1) is 0 Å². The first-order chi connectivity index (χ1) is 16.6. The molecule has 166 valence electrons. The first kappa shape index (κ1) is 20.2. The van der Waals surface area contributed by atoms with Crippen LogP contribution in [0.2, 0.25) is 0 Å². The molecule has 1 unspecified atom stereocenters. The monoisotopic (exact) mass is 449 g/mol. The minimum absolute atomic E-state index is 0.145. The summed E-state index contributed by atoms with van der Waals surface area (Å²) in [5.41, 5.74) is 3.76. The van der Waals surface area contributed by atoms with Crippen molar-refractivity contribution in [1.82, 2.24) is 4.98 Å². The Morgan fingerprint density at radius 2 is 1.79 bits per heavy atom. The lowest BCUT2D eigenvalue weighted by molar-refractivity contribution is -0.135. The summed E-state index contributed by atoms with van der Waals surface area (Å²) in [4.78, 5) is 30.1. The fourth-order valence-electron chi connectivity index (χ4n) is 4.65. The van der Waals surface area contributed by atoms with Crippen molar-refractivity contribution < 1.29 is 23.8 Å². The van der Waals surface area contributed by atoms with Crippen LogP contribution in [-0.4, -0.2) is 23.8 Å². The predicted molar refractivity (Wildman–Crippen MR) is 126 cm³/mol. The number of hydrogen-bond donors (Lipinski definition) is 0. The van der Waals surface area contributed by atoms with Crippen molar-refractivity contribution in [1.29, 1.82) is 0 Å². The summed E-state index contributed by atoms with van der Waals surface area (Å²) in [6.07, 6.45) is 3.59. The number of allylic oxidation sites excluding steroid dienone is 1. The minimum Gasteiger partial charge on any atom is -0.497 e. The smallest absolute Gasteiger partial charge is 0.312 e. The van der Waals surface area contributed by atoms with Gasteiger partial charge in [0.2, 0.25) is 5.78 Å². The Balaban J connectivity index is 1.48. The highest BCUT2D eigenvalue weighted by Gasteiger charge is 2.39. The SMILES string of the molecule is COc1ccc(/C=C2\Oc3c(ccc4c3C(c3ccnc5ccccc35)CC(=O)O4)C2=O)cc1. The number of carbonyl (C=O) groups excluding carboxylic acids is 2. The van der Waals surface area contributed by atoms with Crippen LogP contribution in [0.1, 0.15) is 39.4 Å². The van der Waals surface area contributed by atoms with Gasteiger partial charge < -0.3 is 14.2 Å². The van der Waals surface area contributed by atoms with Crippen LogP contribution < -0.4 is 14.2 Å². The van der Waals surface area contributed by atoms with Crippen molar-refractivity contribution >= 4 is 28.7 Å². The van der Waals surface area contributed by atoms with Gasteiger partial charge in [-0.3, -0.25) is 14.6 Å². The van der Waals surface area contributed by atoms with Crippen molar-refractivity contribution in [3.63, 3.8) is 0 Å². The highest BCUT2D eigenvalue weighted by molar-refractivity contribution is 6.15.